The van der Waals surface area contributed by atoms with Crippen molar-refractivity contribution in [2.24, 2.45) is 5.41 Å². The van der Waals surface area contributed by atoms with Gasteiger partial charge in [0.25, 0.3) is 0 Å². The van der Waals surface area contributed by atoms with E-state index in [1.54, 1.807) is 0 Å². The average Bonchev–Trinajstić information content (AvgIpc) is 2.64. The number of hydrogen-bond donors (Lipinski definition) is 1. The second-order valence-electron chi connectivity index (χ2n) is 5.26. The molecule has 2 aromatic rings. The van der Waals surface area contributed by atoms with Gasteiger partial charge in [-0.25, -0.2) is 0 Å². The van der Waals surface area contributed by atoms with Crippen LogP contribution in [0.3, 0.4) is 0 Å². The lowest BCUT2D eigenvalue weighted by Crippen LogP contribution is -2.47. The van der Waals surface area contributed by atoms with Gasteiger partial charge in [-0.3, -0.25) is 0 Å². The second kappa shape index (κ2) is 4.57. The van der Waals surface area contributed by atoms with Crippen LogP contribution < -0.4 is 5.32 Å². The summed E-state index contributed by atoms with van der Waals surface area (Å²) in [5.74, 6) is 0. The number of halogens is 1. The molecule has 0 spiro atoms. The Morgan fingerprint density at radius 3 is 2.83 bits per heavy atom. The van der Waals surface area contributed by atoms with Crippen LogP contribution in [0.15, 0.2) is 28.7 Å². The fourth-order valence-corrected chi connectivity index (χ4v) is 2.53. The van der Waals surface area contributed by atoms with Gasteiger partial charge in [-0.05, 0) is 17.7 Å². The van der Waals surface area contributed by atoms with Crippen molar-refractivity contribution in [2.45, 2.75) is 13.5 Å². The maximum atomic E-state index is 6.13. The number of furan rings is 1. The topological polar surface area (TPSA) is 34.4 Å². The summed E-state index contributed by atoms with van der Waals surface area (Å²) in [5.41, 5.74) is 2.15. The lowest BCUT2D eigenvalue weighted by Gasteiger charge is -2.38. The molecule has 3 nitrogen and oxygen atoms in total. The molecular weight excluding hydrogens is 250 g/mol. The first-order chi connectivity index (χ1) is 8.68. The predicted molar refractivity (Wildman–Crippen MR) is 71.9 cm³/mol. The zero-order valence-electron chi connectivity index (χ0n) is 10.3. The number of hydrogen-bond acceptors (Lipinski definition) is 3. The van der Waals surface area contributed by atoms with Crippen LogP contribution in [0.25, 0.3) is 11.0 Å². The van der Waals surface area contributed by atoms with Gasteiger partial charge in [0.15, 0.2) is 5.22 Å². The van der Waals surface area contributed by atoms with Crippen molar-refractivity contribution in [1.29, 1.82) is 0 Å². The van der Waals surface area contributed by atoms with E-state index in [-0.39, 0.29) is 5.41 Å². The van der Waals surface area contributed by atoms with Gasteiger partial charge >= 0.3 is 0 Å². The van der Waals surface area contributed by atoms with E-state index in [4.69, 9.17) is 20.8 Å². The fourth-order valence-electron chi connectivity index (χ4n) is 2.28. The Morgan fingerprint density at radius 2 is 2.11 bits per heavy atom. The molecule has 1 aromatic carbocycles. The summed E-state index contributed by atoms with van der Waals surface area (Å²) in [5, 5.41) is 5.01. The maximum Gasteiger partial charge on any atom is 0.199 e. The molecule has 1 saturated heterocycles. The van der Waals surface area contributed by atoms with E-state index < -0.39 is 0 Å². The van der Waals surface area contributed by atoms with E-state index >= 15 is 0 Å². The summed E-state index contributed by atoms with van der Waals surface area (Å²) < 4.78 is 10.8. The largest absolute Gasteiger partial charge is 0.444 e. The van der Waals surface area contributed by atoms with E-state index in [0.29, 0.717) is 5.22 Å². The molecule has 1 aromatic heterocycles. The van der Waals surface area contributed by atoms with Crippen LogP contribution in [0, 0.1) is 5.41 Å². The first-order valence-electron chi connectivity index (χ1n) is 6.12. The molecule has 1 aliphatic heterocycles. The molecule has 18 heavy (non-hydrogen) atoms. The highest BCUT2D eigenvalue weighted by Gasteiger charge is 2.32. The summed E-state index contributed by atoms with van der Waals surface area (Å²) in [6.07, 6.45) is 0. The molecule has 3 rings (SSSR count). The molecule has 0 radical (unpaired) electrons. The Hall–Kier alpha value is -1.03. The van der Waals surface area contributed by atoms with E-state index in [9.17, 15) is 0 Å². The molecule has 1 aliphatic rings. The minimum Gasteiger partial charge on any atom is -0.444 e. The minimum absolute atomic E-state index is 0.270. The van der Waals surface area contributed by atoms with Crippen molar-refractivity contribution in [2.75, 3.05) is 19.8 Å². The second-order valence-corrected chi connectivity index (χ2v) is 5.60. The number of ether oxygens (including phenoxy) is 1. The fraction of sp³-hybridized carbons (Fsp3) is 0.429. The monoisotopic (exact) mass is 265 g/mol. The van der Waals surface area contributed by atoms with Crippen molar-refractivity contribution >= 4 is 22.6 Å². The third-order valence-corrected chi connectivity index (χ3v) is 3.71. The first-order valence-corrected chi connectivity index (χ1v) is 6.50. The quantitative estimate of drug-likeness (QED) is 0.922. The van der Waals surface area contributed by atoms with Gasteiger partial charge in [-0.2, -0.15) is 0 Å². The van der Waals surface area contributed by atoms with Gasteiger partial charge in [0.05, 0.1) is 13.2 Å². The average molecular weight is 266 g/mol. The number of fused-ring (bicyclic) bond motifs is 1. The zero-order chi connectivity index (χ0) is 12.6. The summed E-state index contributed by atoms with van der Waals surface area (Å²) in [4.78, 5) is 0. The van der Waals surface area contributed by atoms with Gasteiger partial charge in [-0.1, -0.05) is 25.1 Å². The molecule has 4 heteroatoms. The Bertz CT molecular complexity index is 560. The summed E-state index contributed by atoms with van der Waals surface area (Å²) in [7, 11) is 0. The number of rotatable bonds is 4. The van der Waals surface area contributed by atoms with Crippen LogP contribution >= 0.6 is 11.6 Å². The van der Waals surface area contributed by atoms with E-state index in [1.165, 1.54) is 0 Å². The van der Waals surface area contributed by atoms with Crippen molar-refractivity contribution < 1.29 is 9.15 Å². The van der Waals surface area contributed by atoms with Gasteiger partial charge in [0.2, 0.25) is 0 Å². The van der Waals surface area contributed by atoms with Crippen molar-refractivity contribution in [3.63, 3.8) is 0 Å². The van der Waals surface area contributed by atoms with Crippen LogP contribution in [0.1, 0.15) is 12.5 Å². The number of benzene rings is 1. The predicted octanol–water partition coefficient (Wildman–Crippen LogP) is 3.21. The summed E-state index contributed by atoms with van der Waals surface area (Å²) >= 11 is 6.13. The van der Waals surface area contributed by atoms with E-state index in [1.807, 2.05) is 24.3 Å². The van der Waals surface area contributed by atoms with Gasteiger partial charge in [-0.15, -0.1) is 0 Å². The summed E-state index contributed by atoms with van der Waals surface area (Å²) in [6.45, 7) is 5.55. The molecule has 96 valence electrons. The molecule has 0 bridgehead atoms. The van der Waals surface area contributed by atoms with Crippen LogP contribution in [0.4, 0.5) is 0 Å². The number of para-hydroxylation sites is 1. The maximum absolute atomic E-state index is 6.13. The first kappa shape index (κ1) is 12.0. The highest BCUT2D eigenvalue weighted by Crippen LogP contribution is 2.30. The van der Waals surface area contributed by atoms with Gasteiger partial charge in [0.1, 0.15) is 5.58 Å². The lowest BCUT2D eigenvalue weighted by molar-refractivity contribution is -0.0991. The third kappa shape index (κ3) is 2.14. The molecule has 0 amide bonds. The molecular formula is C14H16ClNO2. The SMILES string of the molecule is CC1(CNCc2c(Cl)oc3ccccc23)COC1. The standard InChI is InChI=1S/C14H16ClNO2/c1-14(8-17-9-14)7-16-6-11-10-4-2-3-5-12(10)18-13(11)15/h2-5,16H,6-9H2,1H3. The molecule has 2 heterocycles. The van der Waals surface area contributed by atoms with Crippen LogP contribution in [0.5, 0.6) is 0 Å². The highest BCUT2D eigenvalue weighted by molar-refractivity contribution is 6.30. The van der Waals surface area contributed by atoms with Crippen molar-refractivity contribution in [3.05, 3.63) is 35.0 Å². The van der Waals surface area contributed by atoms with Crippen molar-refractivity contribution in [1.82, 2.24) is 5.32 Å². The number of nitrogens with one attached hydrogen (secondary N) is 1. The van der Waals surface area contributed by atoms with Gasteiger partial charge < -0.3 is 14.5 Å². The Kier molecular flexibility index (Phi) is 3.06. The Morgan fingerprint density at radius 1 is 1.33 bits per heavy atom. The van der Waals surface area contributed by atoms with Crippen LogP contribution in [-0.2, 0) is 11.3 Å². The Labute approximate surface area is 111 Å². The van der Waals surface area contributed by atoms with Crippen molar-refractivity contribution in [3.8, 4) is 0 Å². The molecule has 1 N–H and O–H groups in total. The minimum atomic E-state index is 0.270. The van der Waals surface area contributed by atoms with Crippen LogP contribution in [-0.4, -0.2) is 19.8 Å². The highest BCUT2D eigenvalue weighted by atomic mass is 35.5. The molecule has 0 unspecified atom stereocenters. The molecule has 0 atom stereocenters. The van der Waals surface area contributed by atoms with Gasteiger partial charge in [0, 0.05) is 29.5 Å². The molecule has 1 fully saturated rings. The van der Waals surface area contributed by atoms with Crippen LogP contribution in [0.2, 0.25) is 5.22 Å². The normalized spacial score (nSPS) is 17.9. The molecule has 0 aliphatic carbocycles. The zero-order valence-corrected chi connectivity index (χ0v) is 11.1. The lowest BCUT2D eigenvalue weighted by atomic mass is 9.89. The Balaban J connectivity index is 1.72. The smallest absolute Gasteiger partial charge is 0.199 e. The summed E-state index contributed by atoms with van der Waals surface area (Å²) in [6, 6.07) is 7.92. The van der Waals surface area contributed by atoms with E-state index in [0.717, 1.165) is 42.8 Å². The van der Waals surface area contributed by atoms with E-state index in [2.05, 4.69) is 12.2 Å². The molecule has 0 saturated carbocycles. The third-order valence-electron chi connectivity index (χ3n) is 3.40.